The summed E-state index contributed by atoms with van der Waals surface area (Å²) in [5.41, 5.74) is 0.565. The van der Waals surface area contributed by atoms with Gasteiger partial charge in [0, 0.05) is 11.8 Å². The molecule has 0 aliphatic rings. The molecule has 0 aliphatic carbocycles. The van der Waals surface area contributed by atoms with E-state index in [0.717, 1.165) is 12.3 Å². The van der Waals surface area contributed by atoms with Crippen LogP contribution in [-0.2, 0) is 16.4 Å². The number of hydrogen-bond donors (Lipinski definition) is 0. The van der Waals surface area contributed by atoms with Crippen LogP contribution in [0.3, 0.4) is 0 Å². The van der Waals surface area contributed by atoms with E-state index in [2.05, 4.69) is 0 Å². The second kappa shape index (κ2) is 5.94. The summed E-state index contributed by atoms with van der Waals surface area (Å²) in [4.78, 5) is 0.194. The molecule has 2 aromatic carbocycles. The Kier molecular flexibility index (Phi) is 4.24. The third kappa shape index (κ3) is 3.80. The van der Waals surface area contributed by atoms with Gasteiger partial charge in [-0.05, 0) is 36.4 Å². The van der Waals surface area contributed by atoms with Gasteiger partial charge in [0.25, 0.3) is 0 Å². The fourth-order valence-corrected chi connectivity index (χ4v) is 2.31. The highest BCUT2D eigenvalue weighted by molar-refractivity contribution is 7.90. The van der Waals surface area contributed by atoms with Crippen molar-refractivity contribution in [3.63, 3.8) is 0 Å². The molecule has 0 aliphatic heterocycles. The Bertz CT molecular complexity index is 793. The number of halogens is 1. The van der Waals surface area contributed by atoms with Gasteiger partial charge >= 0.3 is 0 Å². The molecular weight excluding hydrogens is 293 g/mol. The summed E-state index contributed by atoms with van der Waals surface area (Å²) in [7, 11) is -3.25. The van der Waals surface area contributed by atoms with E-state index in [9.17, 15) is 12.8 Å². The van der Waals surface area contributed by atoms with Gasteiger partial charge in [-0.1, -0.05) is 6.07 Å². The van der Waals surface area contributed by atoms with Crippen LogP contribution in [-0.4, -0.2) is 14.7 Å². The van der Waals surface area contributed by atoms with Gasteiger partial charge in [-0.25, -0.2) is 12.8 Å². The van der Waals surface area contributed by atoms with Crippen LogP contribution in [0.2, 0.25) is 0 Å². The Hall–Kier alpha value is -2.39. The molecule has 0 atom stereocenters. The maximum Gasteiger partial charge on any atom is 0.175 e. The molecular formula is C15H12FNO3S. The van der Waals surface area contributed by atoms with Crippen LogP contribution in [0.1, 0.15) is 11.1 Å². The number of nitrogens with zero attached hydrogens (tertiary/aromatic N) is 1. The number of ether oxygens (including phenoxy) is 1. The molecule has 0 spiro atoms. The summed E-state index contributed by atoms with van der Waals surface area (Å²) < 4.78 is 41.7. The molecule has 2 rings (SSSR count). The largest absolute Gasteiger partial charge is 0.489 e. The molecule has 0 fully saturated rings. The predicted octanol–water partition coefficient (Wildman–Crippen LogP) is 2.68. The second-order valence-electron chi connectivity index (χ2n) is 4.45. The summed E-state index contributed by atoms with van der Waals surface area (Å²) in [5.74, 6) is -0.0760. The smallest absolute Gasteiger partial charge is 0.175 e. The van der Waals surface area contributed by atoms with E-state index in [1.54, 1.807) is 0 Å². The molecule has 0 saturated carbocycles. The van der Waals surface area contributed by atoms with Crippen molar-refractivity contribution in [2.45, 2.75) is 11.5 Å². The van der Waals surface area contributed by atoms with E-state index < -0.39 is 15.7 Å². The van der Waals surface area contributed by atoms with E-state index in [1.807, 2.05) is 6.07 Å². The number of sulfone groups is 1. The highest BCUT2D eigenvalue weighted by Gasteiger charge is 2.08. The number of rotatable bonds is 4. The van der Waals surface area contributed by atoms with Crippen LogP contribution in [0.15, 0.2) is 47.4 Å². The minimum Gasteiger partial charge on any atom is -0.489 e. The third-order valence-corrected chi connectivity index (χ3v) is 3.96. The minimum absolute atomic E-state index is 0.00420. The van der Waals surface area contributed by atoms with Gasteiger partial charge < -0.3 is 4.74 Å². The van der Waals surface area contributed by atoms with Gasteiger partial charge in [0.05, 0.1) is 16.5 Å². The second-order valence-corrected chi connectivity index (χ2v) is 6.47. The fraction of sp³-hybridized carbons (Fsp3) is 0.133. The Labute approximate surface area is 122 Å². The zero-order valence-electron chi connectivity index (χ0n) is 11.2. The summed E-state index contributed by atoms with van der Waals surface area (Å²) in [6, 6.07) is 11.9. The summed E-state index contributed by atoms with van der Waals surface area (Å²) >= 11 is 0. The molecule has 0 amide bonds. The lowest BCUT2D eigenvalue weighted by Crippen LogP contribution is -2.00. The standard InChI is InChI=1S/C15H12FNO3S/c1-21(18,19)14-6-4-13(5-7-14)20-10-12-3-2-11(9-17)8-15(12)16/h2-8H,10H2,1H3. The van der Waals surface area contributed by atoms with Gasteiger partial charge in [0.2, 0.25) is 0 Å². The minimum atomic E-state index is -3.25. The fourth-order valence-electron chi connectivity index (χ4n) is 1.68. The van der Waals surface area contributed by atoms with Crippen molar-refractivity contribution in [3.05, 3.63) is 59.4 Å². The first-order valence-corrected chi connectivity index (χ1v) is 7.91. The Morgan fingerprint density at radius 2 is 1.86 bits per heavy atom. The Balaban J connectivity index is 2.09. The van der Waals surface area contributed by atoms with Crippen LogP contribution < -0.4 is 4.74 Å². The molecule has 0 saturated heterocycles. The van der Waals surface area contributed by atoms with Gasteiger partial charge in [0.15, 0.2) is 9.84 Å². The monoisotopic (exact) mass is 305 g/mol. The maximum absolute atomic E-state index is 13.6. The quantitative estimate of drug-likeness (QED) is 0.871. The first kappa shape index (κ1) is 15.0. The first-order chi connectivity index (χ1) is 9.90. The van der Waals surface area contributed by atoms with Crippen molar-refractivity contribution >= 4 is 9.84 Å². The van der Waals surface area contributed by atoms with Crippen molar-refractivity contribution in [2.24, 2.45) is 0 Å². The lowest BCUT2D eigenvalue weighted by molar-refractivity contribution is 0.299. The van der Waals surface area contributed by atoms with Crippen LogP contribution in [0, 0.1) is 17.1 Å². The highest BCUT2D eigenvalue weighted by atomic mass is 32.2. The lowest BCUT2D eigenvalue weighted by Gasteiger charge is -2.08. The molecule has 4 nitrogen and oxygen atoms in total. The average molecular weight is 305 g/mol. The molecule has 0 aromatic heterocycles. The van der Waals surface area contributed by atoms with Gasteiger partial charge in [-0.15, -0.1) is 0 Å². The van der Waals surface area contributed by atoms with E-state index in [0.29, 0.717) is 11.3 Å². The van der Waals surface area contributed by atoms with Crippen molar-refractivity contribution in [2.75, 3.05) is 6.26 Å². The molecule has 0 radical (unpaired) electrons. The zero-order chi connectivity index (χ0) is 15.5. The van der Waals surface area contributed by atoms with E-state index in [-0.39, 0.29) is 17.1 Å². The van der Waals surface area contributed by atoms with Crippen LogP contribution >= 0.6 is 0 Å². The van der Waals surface area contributed by atoms with E-state index in [4.69, 9.17) is 10.00 Å². The summed E-state index contributed by atoms with van der Waals surface area (Å²) in [6.07, 6.45) is 1.12. The van der Waals surface area contributed by atoms with E-state index in [1.165, 1.54) is 36.4 Å². The molecule has 0 N–H and O–H groups in total. The van der Waals surface area contributed by atoms with Crippen molar-refractivity contribution < 1.29 is 17.5 Å². The predicted molar refractivity (Wildman–Crippen MR) is 75.0 cm³/mol. The Morgan fingerprint density at radius 1 is 1.19 bits per heavy atom. The van der Waals surface area contributed by atoms with Gasteiger partial charge in [-0.3, -0.25) is 0 Å². The molecule has 0 heterocycles. The van der Waals surface area contributed by atoms with Crippen molar-refractivity contribution in [1.82, 2.24) is 0 Å². The lowest BCUT2D eigenvalue weighted by atomic mass is 10.1. The molecule has 6 heteroatoms. The number of nitriles is 1. The van der Waals surface area contributed by atoms with Crippen molar-refractivity contribution in [1.29, 1.82) is 5.26 Å². The van der Waals surface area contributed by atoms with Gasteiger partial charge in [0.1, 0.15) is 18.2 Å². The summed E-state index contributed by atoms with van der Waals surface area (Å²) in [5, 5.41) is 8.66. The topological polar surface area (TPSA) is 67.2 Å². The van der Waals surface area contributed by atoms with Gasteiger partial charge in [-0.2, -0.15) is 5.26 Å². The normalized spacial score (nSPS) is 10.9. The number of hydrogen-bond acceptors (Lipinski definition) is 4. The number of benzene rings is 2. The molecule has 2 aromatic rings. The molecule has 21 heavy (non-hydrogen) atoms. The zero-order valence-corrected chi connectivity index (χ0v) is 12.0. The highest BCUT2D eigenvalue weighted by Crippen LogP contribution is 2.18. The molecule has 0 bridgehead atoms. The van der Waals surface area contributed by atoms with Crippen LogP contribution in [0.4, 0.5) is 4.39 Å². The maximum atomic E-state index is 13.6. The van der Waals surface area contributed by atoms with Crippen LogP contribution in [0.5, 0.6) is 5.75 Å². The Morgan fingerprint density at radius 3 is 2.38 bits per heavy atom. The SMILES string of the molecule is CS(=O)(=O)c1ccc(OCc2ccc(C#N)cc2F)cc1. The van der Waals surface area contributed by atoms with E-state index >= 15 is 0 Å². The first-order valence-electron chi connectivity index (χ1n) is 6.01. The molecule has 0 unspecified atom stereocenters. The van der Waals surface area contributed by atoms with Crippen molar-refractivity contribution in [3.8, 4) is 11.8 Å². The summed E-state index contributed by atoms with van der Waals surface area (Å²) in [6.45, 7) is -0.00420. The average Bonchev–Trinajstić information content (AvgIpc) is 2.45. The molecule has 108 valence electrons. The third-order valence-electron chi connectivity index (χ3n) is 2.83. The van der Waals surface area contributed by atoms with Crippen LogP contribution in [0.25, 0.3) is 0 Å².